The first-order valence-electron chi connectivity index (χ1n) is 5.33. The van der Waals surface area contributed by atoms with E-state index in [-0.39, 0.29) is 0 Å². The number of anilines is 2. The van der Waals surface area contributed by atoms with Crippen LogP contribution < -0.4 is 11.1 Å². The average Bonchev–Trinajstić information content (AvgIpc) is 2.22. The zero-order chi connectivity index (χ0) is 12.1. The van der Waals surface area contributed by atoms with Gasteiger partial charge in [-0.05, 0) is 46.5 Å². The Labute approximate surface area is 105 Å². The van der Waals surface area contributed by atoms with Crippen LogP contribution in [-0.2, 0) is 4.74 Å². The predicted molar refractivity (Wildman–Crippen MR) is 72.8 cm³/mol. The molecule has 1 unspecified atom stereocenters. The number of nitrogens with one attached hydrogen (secondary N) is 1. The quantitative estimate of drug-likeness (QED) is 0.818. The smallest absolute Gasteiger partial charge is 0.0504 e. The number of benzene rings is 1. The van der Waals surface area contributed by atoms with Crippen LogP contribution in [0.1, 0.15) is 12.5 Å². The van der Waals surface area contributed by atoms with Gasteiger partial charge in [0, 0.05) is 29.5 Å². The van der Waals surface area contributed by atoms with E-state index in [2.05, 4.69) is 34.2 Å². The van der Waals surface area contributed by atoms with Gasteiger partial charge in [-0.25, -0.2) is 0 Å². The van der Waals surface area contributed by atoms with E-state index in [4.69, 9.17) is 10.5 Å². The van der Waals surface area contributed by atoms with Crippen LogP contribution in [0.25, 0.3) is 0 Å². The second-order valence-corrected chi connectivity index (χ2v) is 4.98. The van der Waals surface area contributed by atoms with Crippen LogP contribution in [0.4, 0.5) is 11.4 Å². The van der Waals surface area contributed by atoms with Crippen molar-refractivity contribution in [2.45, 2.75) is 13.8 Å². The third-order valence-corrected chi connectivity index (χ3v) is 3.10. The Morgan fingerprint density at radius 1 is 1.50 bits per heavy atom. The third-order valence-electron chi connectivity index (χ3n) is 2.45. The van der Waals surface area contributed by atoms with Crippen molar-refractivity contribution in [3.63, 3.8) is 0 Å². The lowest BCUT2D eigenvalue weighted by Crippen LogP contribution is -2.16. The molecule has 1 aromatic rings. The lowest BCUT2D eigenvalue weighted by molar-refractivity contribution is 0.164. The summed E-state index contributed by atoms with van der Waals surface area (Å²) in [6.07, 6.45) is 0. The minimum Gasteiger partial charge on any atom is -0.398 e. The van der Waals surface area contributed by atoms with E-state index >= 15 is 0 Å². The zero-order valence-corrected chi connectivity index (χ0v) is 11.6. The van der Waals surface area contributed by atoms with Crippen molar-refractivity contribution in [3.05, 3.63) is 22.2 Å². The van der Waals surface area contributed by atoms with Crippen LogP contribution in [0, 0.1) is 12.8 Å². The standard InChI is InChI=1S/C12H19BrN2O/c1-8(7-16-3)6-15-12-4-9(2)11(14)5-10(12)13/h4-5,8,15H,6-7,14H2,1-3H3. The van der Waals surface area contributed by atoms with Gasteiger partial charge in [0.2, 0.25) is 0 Å². The Morgan fingerprint density at radius 2 is 2.19 bits per heavy atom. The molecular weight excluding hydrogens is 268 g/mol. The molecule has 0 saturated heterocycles. The molecule has 0 saturated carbocycles. The van der Waals surface area contributed by atoms with E-state index in [1.54, 1.807) is 7.11 Å². The van der Waals surface area contributed by atoms with Crippen molar-refractivity contribution in [2.75, 3.05) is 31.3 Å². The van der Waals surface area contributed by atoms with Gasteiger partial charge in [0.25, 0.3) is 0 Å². The highest BCUT2D eigenvalue weighted by molar-refractivity contribution is 9.10. The number of hydrogen-bond donors (Lipinski definition) is 2. The van der Waals surface area contributed by atoms with Crippen molar-refractivity contribution in [1.29, 1.82) is 0 Å². The minimum absolute atomic E-state index is 0.481. The van der Waals surface area contributed by atoms with Gasteiger partial charge < -0.3 is 15.8 Å². The molecule has 16 heavy (non-hydrogen) atoms. The molecule has 1 atom stereocenters. The normalized spacial score (nSPS) is 12.5. The van der Waals surface area contributed by atoms with E-state index in [0.717, 1.165) is 34.6 Å². The lowest BCUT2D eigenvalue weighted by atomic mass is 10.1. The van der Waals surface area contributed by atoms with Crippen LogP contribution in [0.3, 0.4) is 0 Å². The highest BCUT2D eigenvalue weighted by Gasteiger charge is 2.05. The maximum Gasteiger partial charge on any atom is 0.0504 e. The molecule has 0 aromatic heterocycles. The monoisotopic (exact) mass is 286 g/mol. The van der Waals surface area contributed by atoms with Crippen LogP contribution in [0.2, 0.25) is 0 Å². The van der Waals surface area contributed by atoms with Gasteiger partial charge in [-0.15, -0.1) is 0 Å². The Hall–Kier alpha value is -0.740. The van der Waals surface area contributed by atoms with Crippen LogP contribution >= 0.6 is 15.9 Å². The molecule has 90 valence electrons. The maximum atomic E-state index is 5.82. The summed E-state index contributed by atoms with van der Waals surface area (Å²) in [7, 11) is 1.72. The molecule has 3 nitrogen and oxygen atoms in total. The molecule has 1 rings (SSSR count). The average molecular weight is 287 g/mol. The van der Waals surface area contributed by atoms with E-state index in [1.165, 1.54) is 0 Å². The summed E-state index contributed by atoms with van der Waals surface area (Å²) in [6.45, 7) is 5.80. The lowest BCUT2D eigenvalue weighted by Gasteiger charge is -2.15. The summed E-state index contributed by atoms with van der Waals surface area (Å²) >= 11 is 3.50. The molecule has 0 aliphatic rings. The van der Waals surface area contributed by atoms with Gasteiger partial charge in [0.05, 0.1) is 6.61 Å². The van der Waals surface area contributed by atoms with Gasteiger partial charge in [0.1, 0.15) is 0 Å². The number of hydrogen-bond acceptors (Lipinski definition) is 3. The summed E-state index contributed by atoms with van der Waals surface area (Å²) in [5.74, 6) is 0.481. The van der Waals surface area contributed by atoms with Crippen LogP contribution in [-0.4, -0.2) is 20.3 Å². The number of ether oxygens (including phenoxy) is 1. The number of methoxy groups -OCH3 is 1. The summed E-state index contributed by atoms with van der Waals surface area (Å²) in [5, 5.41) is 3.38. The van der Waals surface area contributed by atoms with E-state index in [1.807, 2.05) is 13.0 Å². The fourth-order valence-electron chi connectivity index (χ4n) is 1.46. The number of nitrogen functional groups attached to an aromatic ring is 1. The molecule has 0 aliphatic carbocycles. The number of rotatable bonds is 5. The van der Waals surface area contributed by atoms with Gasteiger partial charge in [-0.2, -0.15) is 0 Å². The third kappa shape index (κ3) is 3.68. The maximum absolute atomic E-state index is 5.82. The van der Waals surface area contributed by atoms with Crippen molar-refractivity contribution < 1.29 is 4.74 Å². The molecule has 0 radical (unpaired) electrons. The van der Waals surface area contributed by atoms with Crippen molar-refractivity contribution in [2.24, 2.45) is 5.92 Å². The molecule has 0 aliphatic heterocycles. The van der Waals surface area contributed by atoms with Crippen molar-refractivity contribution in [1.82, 2.24) is 0 Å². The fraction of sp³-hybridized carbons (Fsp3) is 0.500. The molecular formula is C12H19BrN2O. The molecule has 0 fully saturated rings. The minimum atomic E-state index is 0.481. The van der Waals surface area contributed by atoms with Crippen molar-refractivity contribution >= 4 is 27.3 Å². The zero-order valence-electron chi connectivity index (χ0n) is 10.0. The van der Waals surface area contributed by atoms with Gasteiger partial charge in [-0.1, -0.05) is 6.92 Å². The predicted octanol–water partition coefficient (Wildman–Crippen LogP) is 3.03. The molecule has 1 aromatic carbocycles. The summed E-state index contributed by atoms with van der Waals surface area (Å²) < 4.78 is 6.09. The Bertz CT molecular complexity index is 355. The largest absolute Gasteiger partial charge is 0.398 e. The highest BCUT2D eigenvalue weighted by Crippen LogP contribution is 2.27. The van der Waals surface area contributed by atoms with Crippen molar-refractivity contribution in [3.8, 4) is 0 Å². The molecule has 0 bridgehead atoms. The first kappa shape index (κ1) is 13.3. The van der Waals surface area contributed by atoms with Crippen LogP contribution in [0.5, 0.6) is 0 Å². The van der Waals surface area contributed by atoms with Gasteiger partial charge >= 0.3 is 0 Å². The first-order valence-corrected chi connectivity index (χ1v) is 6.12. The number of aryl methyl sites for hydroxylation is 1. The number of halogens is 1. The van der Waals surface area contributed by atoms with Gasteiger partial charge in [0.15, 0.2) is 0 Å². The molecule has 0 heterocycles. The Morgan fingerprint density at radius 3 is 2.81 bits per heavy atom. The molecule has 4 heteroatoms. The molecule has 3 N–H and O–H groups in total. The highest BCUT2D eigenvalue weighted by atomic mass is 79.9. The summed E-state index contributed by atoms with van der Waals surface area (Å²) in [6, 6.07) is 3.98. The second kappa shape index (κ2) is 6.11. The summed E-state index contributed by atoms with van der Waals surface area (Å²) in [4.78, 5) is 0. The second-order valence-electron chi connectivity index (χ2n) is 4.13. The van der Waals surface area contributed by atoms with Crippen LogP contribution in [0.15, 0.2) is 16.6 Å². The van der Waals surface area contributed by atoms with E-state index in [0.29, 0.717) is 5.92 Å². The molecule has 0 spiro atoms. The first-order chi connectivity index (χ1) is 7.54. The molecule has 0 amide bonds. The number of nitrogens with two attached hydrogens (primary N) is 1. The van der Waals surface area contributed by atoms with Gasteiger partial charge in [-0.3, -0.25) is 0 Å². The Kier molecular flexibility index (Phi) is 5.09. The SMILES string of the molecule is COCC(C)CNc1cc(C)c(N)cc1Br. The fourth-order valence-corrected chi connectivity index (χ4v) is 1.96. The summed E-state index contributed by atoms with van der Waals surface area (Å²) in [5.41, 5.74) is 8.79. The Balaban J connectivity index is 2.63. The topological polar surface area (TPSA) is 47.3 Å². The van der Waals surface area contributed by atoms with E-state index < -0.39 is 0 Å². The van der Waals surface area contributed by atoms with E-state index in [9.17, 15) is 0 Å².